The van der Waals surface area contributed by atoms with Gasteiger partial charge in [-0.15, -0.1) is 0 Å². The van der Waals surface area contributed by atoms with E-state index < -0.39 is 0 Å². The molecule has 0 radical (unpaired) electrons. The van der Waals surface area contributed by atoms with Crippen LogP contribution in [0.3, 0.4) is 0 Å². The summed E-state index contributed by atoms with van der Waals surface area (Å²) in [5.74, 6) is 3.03. The Morgan fingerprint density at radius 3 is 2.83 bits per heavy atom. The Morgan fingerprint density at radius 1 is 1.67 bits per heavy atom. The van der Waals surface area contributed by atoms with Gasteiger partial charge in [0.2, 0.25) is 0 Å². The third-order valence-corrected chi connectivity index (χ3v) is 1.71. The predicted molar refractivity (Wildman–Crippen MR) is 44.9 cm³/mol. The summed E-state index contributed by atoms with van der Waals surface area (Å²) < 4.78 is 5.13. The van der Waals surface area contributed by atoms with Crippen molar-refractivity contribution in [3.05, 3.63) is 17.4 Å². The Bertz CT molecular complexity index is 338. The average Bonchev–Trinajstić information content (AvgIpc) is 2.10. The molecule has 0 aromatic heterocycles. The van der Waals surface area contributed by atoms with Crippen molar-refractivity contribution >= 4 is 11.7 Å². The van der Waals surface area contributed by atoms with E-state index in [1.54, 1.807) is 0 Å². The molecule has 60 valence electrons. The Kier molecular flexibility index (Phi) is 2.57. The minimum absolute atomic E-state index is 0.266. The molecule has 3 heteroatoms. The highest BCUT2D eigenvalue weighted by Gasteiger charge is 2.17. The monoisotopic (exact) mass is 161 g/mol. The first-order valence-electron chi connectivity index (χ1n) is 3.66. The zero-order valence-electron chi connectivity index (χ0n) is 6.85. The van der Waals surface area contributed by atoms with Crippen molar-refractivity contribution in [3.8, 4) is 6.07 Å². The number of nitrogens with one attached hydrogen (secondary N) is 1. The largest absolute Gasteiger partial charge is 0.322 e. The SMILES string of the molecule is CC1=[O+]C=C(C(=C=N)C#N)CC1. The second-order valence-corrected chi connectivity index (χ2v) is 2.57. The fourth-order valence-electron chi connectivity index (χ4n) is 0.964. The van der Waals surface area contributed by atoms with Gasteiger partial charge in [-0.05, 0) is 12.3 Å². The summed E-state index contributed by atoms with van der Waals surface area (Å²) in [6.07, 6.45) is 3.11. The molecule has 1 heterocycles. The van der Waals surface area contributed by atoms with Crippen LogP contribution in [0.2, 0.25) is 0 Å². The van der Waals surface area contributed by atoms with Gasteiger partial charge in [0.25, 0.3) is 0 Å². The van der Waals surface area contributed by atoms with Crippen LogP contribution in [-0.2, 0) is 4.42 Å². The van der Waals surface area contributed by atoms with Crippen LogP contribution in [0.5, 0.6) is 0 Å². The lowest BCUT2D eigenvalue weighted by atomic mass is 10.0. The number of nitrogens with zero attached hydrogens (tertiary/aromatic N) is 1. The number of allylic oxidation sites excluding steroid dienone is 2. The Hall–Kier alpha value is -1.65. The quantitative estimate of drug-likeness (QED) is 0.353. The lowest BCUT2D eigenvalue weighted by molar-refractivity contribution is -0.378. The molecule has 1 N–H and O–H groups in total. The summed E-state index contributed by atoms with van der Waals surface area (Å²) >= 11 is 0. The molecule has 0 bridgehead atoms. The van der Waals surface area contributed by atoms with Crippen molar-refractivity contribution in [2.45, 2.75) is 19.8 Å². The van der Waals surface area contributed by atoms with Gasteiger partial charge >= 0.3 is 12.0 Å². The Morgan fingerprint density at radius 2 is 2.42 bits per heavy atom. The van der Waals surface area contributed by atoms with E-state index in [4.69, 9.17) is 15.1 Å². The topological polar surface area (TPSA) is 58.9 Å². The van der Waals surface area contributed by atoms with Crippen molar-refractivity contribution in [3.63, 3.8) is 0 Å². The predicted octanol–water partition coefficient (Wildman–Crippen LogP) is 1.49. The molecule has 3 nitrogen and oxygen atoms in total. The van der Waals surface area contributed by atoms with E-state index in [2.05, 4.69) is 5.87 Å². The Balaban J connectivity index is 2.94. The second kappa shape index (κ2) is 3.66. The molecule has 0 aromatic carbocycles. The maximum atomic E-state index is 8.57. The second-order valence-electron chi connectivity index (χ2n) is 2.57. The van der Waals surface area contributed by atoms with Crippen molar-refractivity contribution in [1.29, 1.82) is 10.7 Å². The lowest BCUT2D eigenvalue weighted by Gasteiger charge is -1.98. The van der Waals surface area contributed by atoms with Gasteiger partial charge in [-0.1, -0.05) is 0 Å². The first-order valence-corrected chi connectivity index (χ1v) is 3.66. The van der Waals surface area contributed by atoms with E-state index in [0.29, 0.717) is 0 Å². The summed E-state index contributed by atoms with van der Waals surface area (Å²) in [7, 11) is 0. The van der Waals surface area contributed by atoms with E-state index in [1.165, 1.54) is 6.26 Å². The number of nitriles is 1. The fraction of sp³-hybridized carbons (Fsp3) is 0.333. The van der Waals surface area contributed by atoms with Crippen LogP contribution in [0, 0.1) is 16.7 Å². The van der Waals surface area contributed by atoms with Crippen LogP contribution in [0.4, 0.5) is 0 Å². The summed E-state index contributed by atoms with van der Waals surface area (Å²) in [6.45, 7) is 1.90. The van der Waals surface area contributed by atoms with Gasteiger partial charge in [-0.2, -0.15) is 5.26 Å². The van der Waals surface area contributed by atoms with E-state index in [0.717, 1.165) is 24.2 Å². The van der Waals surface area contributed by atoms with Crippen LogP contribution < -0.4 is 0 Å². The first kappa shape index (κ1) is 8.45. The standard InChI is InChI=1S/C9H9N2O/c1-7-2-3-8(6-12-7)9(4-10)5-11/h6,10H,2-3H2,1H3/q+1. The van der Waals surface area contributed by atoms with E-state index in [-0.39, 0.29) is 5.57 Å². The zero-order chi connectivity index (χ0) is 8.97. The van der Waals surface area contributed by atoms with Gasteiger partial charge in [-0.3, -0.25) is 5.41 Å². The minimum Gasteiger partial charge on any atom is -0.258 e. The van der Waals surface area contributed by atoms with Crippen LogP contribution in [0.25, 0.3) is 0 Å². The van der Waals surface area contributed by atoms with Crippen LogP contribution in [-0.4, -0.2) is 11.7 Å². The molecule has 1 rings (SSSR count). The van der Waals surface area contributed by atoms with Crippen LogP contribution >= 0.6 is 0 Å². The molecular formula is C9H9N2O+. The van der Waals surface area contributed by atoms with E-state index in [1.807, 2.05) is 13.0 Å². The third-order valence-electron chi connectivity index (χ3n) is 1.71. The smallest absolute Gasteiger partial charge is 0.258 e. The summed E-state index contributed by atoms with van der Waals surface area (Å²) in [5.41, 5.74) is 1.03. The lowest BCUT2D eigenvalue weighted by Crippen LogP contribution is -2.03. The highest BCUT2D eigenvalue weighted by atomic mass is 16.4. The third kappa shape index (κ3) is 1.69. The molecule has 1 aliphatic rings. The van der Waals surface area contributed by atoms with Gasteiger partial charge in [0.15, 0.2) is 0 Å². The molecule has 0 saturated carbocycles. The van der Waals surface area contributed by atoms with Crippen molar-refractivity contribution < 1.29 is 4.42 Å². The average molecular weight is 161 g/mol. The molecule has 0 atom stereocenters. The van der Waals surface area contributed by atoms with Gasteiger partial charge < -0.3 is 0 Å². The van der Waals surface area contributed by atoms with Crippen molar-refractivity contribution in [2.75, 3.05) is 0 Å². The summed E-state index contributed by atoms with van der Waals surface area (Å²) in [6, 6.07) is 1.90. The number of hydrogen-bond donors (Lipinski definition) is 1. The summed E-state index contributed by atoms with van der Waals surface area (Å²) in [5, 5.41) is 15.4. The van der Waals surface area contributed by atoms with Crippen LogP contribution in [0.15, 0.2) is 17.4 Å². The normalized spacial score (nSPS) is 15.3. The molecule has 0 aromatic rings. The van der Waals surface area contributed by atoms with Crippen molar-refractivity contribution in [1.82, 2.24) is 0 Å². The maximum Gasteiger partial charge on any atom is 0.322 e. The highest BCUT2D eigenvalue weighted by Crippen LogP contribution is 2.16. The molecular weight excluding hydrogens is 152 g/mol. The van der Waals surface area contributed by atoms with Gasteiger partial charge in [0, 0.05) is 6.92 Å². The molecule has 0 spiro atoms. The number of carbonyl (C=O) groups excluding carboxylic acids is 1. The number of rotatable bonds is 1. The molecule has 0 amide bonds. The fourth-order valence-corrected chi connectivity index (χ4v) is 0.964. The molecule has 0 saturated heterocycles. The van der Waals surface area contributed by atoms with E-state index in [9.17, 15) is 0 Å². The van der Waals surface area contributed by atoms with E-state index >= 15 is 0 Å². The van der Waals surface area contributed by atoms with Gasteiger partial charge in [-0.25, -0.2) is 4.42 Å². The maximum absolute atomic E-state index is 8.57. The number of ketones is 1. The highest BCUT2D eigenvalue weighted by molar-refractivity contribution is 5.78. The molecule has 1 aliphatic heterocycles. The molecule has 12 heavy (non-hydrogen) atoms. The molecule has 0 aliphatic carbocycles. The molecule has 0 unspecified atom stereocenters. The first-order chi connectivity index (χ1) is 5.77. The zero-order valence-corrected chi connectivity index (χ0v) is 6.85. The number of hydrogen-bond acceptors (Lipinski definition) is 2. The summed E-state index contributed by atoms with van der Waals surface area (Å²) in [4.78, 5) is 0. The van der Waals surface area contributed by atoms with Crippen LogP contribution in [0.1, 0.15) is 19.8 Å². The van der Waals surface area contributed by atoms with Gasteiger partial charge in [0.05, 0.1) is 12.0 Å². The Labute approximate surface area is 70.8 Å². The van der Waals surface area contributed by atoms with Crippen molar-refractivity contribution in [2.24, 2.45) is 0 Å². The van der Waals surface area contributed by atoms with Gasteiger partial charge in [0.1, 0.15) is 11.6 Å². The molecule has 0 fully saturated rings. The minimum atomic E-state index is 0.266.